The number of hydrogen-bond acceptors (Lipinski definition) is 3. The maximum atomic E-state index is 9.44. The number of aliphatic hydroxyl groups is 1. The van der Waals surface area contributed by atoms with Gasteiger partial charge in [-0.15, -0.1) is 0 Å². The van der Waals surface area contributed by atoms with Crippen LogP contribution in [0.4, 0.5) is 0 Å². The maximum Gasteiger partial charge on any atom is 0.129 e. The standard InChI is InChI=1S/C15H16BrNO2/c16-13-8-11(6-7-15(13)19)9-17-14(10-18)12-4-2-1-3-5-12/h1-8,14,17-19H,9-10H2. The van der Waals surface area contributed by atoms with Gasteiger partial charge >= 0.3 is 0 Å². The van der Waals surface area contributed by atoms with E-state index in [0.717, 1.165) is 11.1 Å². The van der Waals surface area contributed by atoms with E-state index >= 15 is 0 Å². The van der Waals surface area contributed by atoms with Crippen LogP contribution in [0, 0.1) is 0 Å². The van der Waals surface area contributed by atoms with Crippen LogP contribution in [0.1, 0.15) is 17.2 Å². The number of rotatable bonds is 5. The van der Waals surface area contributed by atoms with E-state index in [4.69, 9.17) is 0 Å². The number of halogens is 1. The molecule has 0 bridgehead atoms. The van der Waals surface area contributed by atoms with E-state index < -0.39 is 0 Å². The quantitative estimate of drug-likeness (QED) is 0.793. The van der Waals surface area contributed by atoms with Gasteiger partial charge in [0.25, 0.3) is 0 Å². The summed E-state index contributed by atoms with van der Waals surface area (Å²) < 4.78 is 0.673. The zero-order valence-electron chi connectivity index (χ0n) is 10.4. The molecule has 0 aromatic heterocycles. The fraction of sp³-hybridized carbons (Fsp3) is 0.200. The molecule has 1 unspecified atom stereocenters. The smallest absolute Gasteiger partial charge is 0.129 e. The Labute approximate surface area is 121 Å². The summed E-state index contributed by atoms with van der Waals surface area (Å²) in [5, 5.41) is 22.2. The Balaban J connectivity index is 2.02. The molecule has 3 N–H and O–H groups in total. The summed E-state index contributed by atoms with van der Waals surface area (Å²) in [6, 6.07) is 15.1. The molecule has 0 aliphatic heterocycles. The predicted octanol–water partition coefficient (Wildman–Crippen LogP) is 2.98. The molecule has 100 valence electrons. The van der Waals surface area contributed by atoms with Crippen molar-refractivity contribution in [3.05, 3.63) is 64.1 Å². The highest BCUT2D eigenvalue weighted by molar-refractivity contribution is 9.10. The van der Waals surface area contributed by atoms with Gasteiger partial charge in [-0.25, -0.2) is 0 Å². The number of phenolic OH excluding ortho intramolecular Hbond substituents is 1. The van der Waals surface area contributed by atoms with E-state index in [1.165, 1.54) is 0 Å². The van der Waals surface area contributed by atoms with Crippen LogP contribution < -0.4 is 5.32 Å². The lowest BCUT2D eigenvalue weighted by Gasteiger charge is -2.17. The highest BCUT2D eigenvalue weighted by atomic mass is 79.9. The average Bonchev–Trinajstić information content (AvgIpc) is 2.44. The van der Waals surface area contributed by atoms with Crippen LogP contribution in [0.5, 0.6) is 5.75 Å². The Kier molecular flexibility index (Phi) is 4.96. The molecule has 0 aliphatic rings. The van der Waals surface area contributed by atoms with Crippen molar-refractivity contribution in [2.24, 2.45) is 0 Å². The van der Waals surface area contributed by atoms with Gasteiger partial charge in [-0.1, -0.05) is 36.4 Å². The summed E-state index contributed by atoms with van der Waals surface area (Å²) in [6.45, 7) is 0.669. The second kappa shape index (κ2) is 6.70. The van der Waals surface area contributed by atoms with Gasteiger partial charge in [0.15, 0.2) is 0 Å². The molecule has 1 atom stereocenters. The molecule has 0 saturated carbocycles. The summed E-state index contributed by atoms with van der Waals surface area (Å²) in [5.74, 6) is 0.227. The van der Waals surface area contributed by atoms with Gasteiger partial charge in [-0.2, -0.15) is 0 Å². The number of nitrogens with one attached hydrogen (secondary N) is 1. The zero-order valence-corrected chi connectivity index (χ0v) is 12.0. The van der Waals surface area contributed by atoms with E-state index in [9.17, 15) is 10.2 Å². The molecule has 0 fully saturated rings. The summed E-state index contributed by atoms with van der Waals surface area (Å²) >= 11 is 3.29. The van der Waals surface area contributed by atoms with Gasteiger partial charge in [-0.05, 0) is 39.2 Å². The first kappa shape index (κ1) is 14.1. The summed E-state index contributed by atoms with van der Waals surface area (Å²) in [5.41, 5.74) is 2.10. The first-order valence-electron chi connectivity index (χ1n) is 6.07. The van der Waals surface area contributed by atoms with E-state index in [2.05, 4.69) is 21.2 Å². The average molecular weight is 322 g/mol. The minimum absolute atomic E-state index is 0.0449. The highest BCUT2D eigenvalue weighted by Crippen LogP contribution is 2.24. The van der Waals surface area contributed by atoms with Crippen LogP contribution in [-0.4, -0.2) is 16.8 Å². The van der Waals surface area contributed by atoms with Crippen LogP contribution in [0.15, 0.2) is 53.0 Å². The molecule has 4 heteroatoms. The Morgan fingerprint density at radius 2 is 1.84 bits per heavy atom. The van der Waals surface area contributed by atoms with E-state index in [1.54, 1.807) is 6.07 Å². The van der Waals surface area contributed by atoms with Crippen molar-refractivity contribution in [2.75, 3.05) is 6.61 Å². The van der Waals surface area contributed by atoms with Crippen LogP contribution in [-0.2, 0) is 6.54 Å². The van der Waals surface area contributed by atoms with E-state index in [-0.39, 0.29) is 18.4 Å². The Bertz CT molecular complexity index is 531. The number of aromatic hydroxyl groups is 1. The lowest BCUT2D eigenvalue weighted by atomic mass is 10.1. The largest absolute Gasteiger partial charge is 0.507 e. The maximum absolute atomic E-state index is 9.44. The van der Waals surface area contributed by atoms with Crippen molar-refractivity contribution in [3.8, 4) is 5.75 Å². The third kappa shape index (κ3) is 3.80. The lowest BCUT2D eigenvalue weighted by molar-refractivity contribution is 0.243. The molecule has 0 spiro atoms. The second-order valence-electron chi connectivity index (χ2n) is 4.31. The molecule has 2 aromatic carbocycles. The van der Waals surface area contributed by atoms with Gasteiger partial charge in [-0.3, -0.25) is 0 Å². The van der Waals surface area contributed by atoms with Gasteiger partial charge in [0.05, 0.1) is 17.1 Å². The number of hydrogen-bond donors (Lipinski definition) is 3. The van der Waals surface area contributed by atoms with Crippen LogP contribution in [0.25, 0.3) is 0 Å². The zero-order chi connectivity index (χ0) is 13.7. The molecule has 2 rings (SSSR count). The molecule has 3 nitrogen and oxygen atoms in total. The molecule has 0 radical (unpaired) electrons. The molecule has 0 amide bonds. The monoisotopic (exact) mass is 321 g/mol. The summed E-state index contributed by atoms with van der Waals surface area (Å²) in [6.07, 6.45) is 0. The van der Waals surface area contributed by atoms with Crippen molar-refractivity contribution in [1.82, 2.24) is 5.32 Å². The fourth-order valence-electron chi connectivity index (χ4n) is 1.87. The topological polar surface area (TPSA) is 52.5 Å². The first-order chi connectivity index (χ1) is 9.20. The third-order valence-corrected chi connectivity index (χ3v) is 3.58. The van der Waals surface area contributed by atoms with Crippen LogP contribution in [0.2, 0.25) is 0 Å². The minimum atomic E-state index is -0.0891. The fourth-order valence-corrected chi connectivity index (χ4v) is 2.30. The molecule has 19 heavy (non-hydrogen) atoms. The minimum Gasteiger partial charge on any atom is -0.507 e. The van der Waals surface area contributed by atoms with Gasteiger partial charge in [0, 0.05) is 6.54 Å². The van der Waals surface area contributed by atoms with Crippen LogP contribution >= 0.6 is 15.9 Å². The van der Waals surface area contributed by atoms with Crippen LogP contribution in [0.3, 0.4) is 0 Å². The third-order valence-electron chi connectivity index (χ3n) is 2.95. The van der Waals surface area contributed by atoms with E-state index in [0.29, 0.717) is 11.0 Å². The molecule has 2 aromatic rings. The van der Waals surface area contributed by atoms with Gasteiger partial charge in [0.2, 0.25) is 0 Å². The Hall–Kier alpha value is -1.36. The predicted molar refractivity (Wildman–Crippen MR) is 78.9 cm³/mol. The summed E-state index contributed by atoms with van der Waals surface area (Å²) in [7, 11) is 0. The first-order valence-corrected chi connectivity index (χ1v) is 6.86. The Morgan fingerprint density at radius 1 is 1.11 bits per heavy atom. The van der Waals surface area contributed by atoms with Gasteiger partial charge in [0.1, 0.15) is 5.75 Å². The van der Waals surface area contributed by atoms with Crippen molar-refractivity contribution in [2.45, 2.75) is 12.6 Å². The number of aliphatic hydroxyl groups excluding tert-OH is 1. The van der Waals surface area contributed by atoms with Crippen molar-refractivity contribution < 1.29 is 10.2 Å². The molecular formula is C15H16BrNO2. The molecule has 0 aliphatic carbocycles. The van der Waals surface area contributed by atoms with Crippen molar-refractivity contribution in [1.29, 1.82) is 0 Å². The lowest BCUT2D eigenvalue weighted by Crippen LogP contribution is -2.23. The second-order valence-corrected chi connectivity index (χ2v) is 5.17. The SMILES string of the molecule is OCC(NCc1ccc(O)c(Br)c1)c1ccccc1. The molecular weight excluding hydrogens is 306 g/mol. The van der Waals surface area contributed by atoms with Crippen molar-refractivity contribution >= 4 is 15.9 Å². The normalized spacial score (nSPS) is 12.3. The van der Waals surface area contributed by atoms with Gasteiger partial charge < -0.3 is 15.5 Å². The highest BCUT2D eigenvalue weighted by Gasteiger charge is 2.09. The van der Waals surface area contributed by atoms with E-state index in [1.807, 2.05) is 42.5 Å². The Morgan fingerprint density at radius 3 is 2.47 bits per heavy atom. The summed E-state index contributed by atoms with van der Waals surface area (Å²) in [4.78, 5) is 0. The van der Waals surface area contributed by atoms with Crippen molar-refractivity contribution in [3.63, 3.8) is 0 Å². The molecule has 0 heterocycles. The molecule has 0 saturated heterocycles. The number of benzene rings is 2. The number of phenols is 1.